The molecule has 0 amide bonds. The van der Waals surface area contributed by atoms with Crippen molar-refractivity contribution in [1.82, 2.24) is 0 Å². The van der Waals surface area contributed by atoms with Gasteiger partial charge in [-0.15, -0.1) is 0 Å². The molecule has 4 aliphatic rings. The average molecular weight is 729 g/mol. The summed E-state index contributed by atoms with van der Waals surface area (Å²) in [4.78, 5) is 25.3. The van der Waals surface area contributed by atoms with Gasteiger partial charge in [-0.2, -0.15) is 0 Å². The molecule has 54 heavy (non-hydrogen) atoms. The Bertz CT molecular complexity index is 1980. The standard InChI is InChI=1S/C48H56O6/c49-30-33-17-18-36(25-33)39(31-50)13-3-1-2-10-34-11-5-7-16-45(47(53)54)48(24-23-38-28-37-12-4-6-15-42(37)46(52)44(38)29-48)40-14-8-9-32(26-40)27-43(34)35-19-21-41(51)22-20-35/h4-9,12,14-15,19-22,25-26,28,31,34,36,38-39,43-45,49,51-52H,1-3,10-11,13,16-18,23-24,27,29-30H2,(H,53,54)/b7-5-/t34-,36-,38+,39+,43+,44+,45-,48+/m0/s1. The van der Waals surface area contributed by atoms with Gasteiger partial charge in [0.15, 0.2) is 0 Å². The third kappa shape index (κ3) is 8.00. The Morgan fingerprint density at radius 3 is 2.48 bits per heavy atom. The van der Waals surface area contributed by atoms with Gasteiger partial charge in [0.25, 0.3) is 0 Å². The molecule has 0 aromatic heterocycles. The van der Waals surface area contributed by atoms with Crippen molar-refractivity contribution in [2.24, 2.45) is 35.5 Å². The van der Waals surface area contributed by atoms with Crippen molar-refractivity contribution in [3.8, 4) is 5.75 Å². The summed E-state index contributed by atoms with van der Waals surface area (Å²) in [5.41, 5.74) is 3.84. The van der Waals surface area contributed by atoms with Crippen molar-refractivity contribution in [2.45, 2.75) is 94.8 Å². The third-order valence-electron chi connectivity index (χ3n) is 13.6. The molecule has 4 N–H and O–H groups in total. The molecule has 0 aliphatic heterocycles. The summed E-state index contributed by atoms with van der Waals surface area (Å²) in [6.45, 7) is 0.0841. The summed E-state index contributed by atoms with van der Waals surface area (Å²) >= 11 is 0. The molecule has 8 atom stereocenters. The maximum absolute atomic E-state index is 13.3. The van der Waals surface area contributed by atoms with E-state index in [0.717, 1.165) is 98.5 Å². The number of aliphatic hydroxyl groups is 2. The molecule has 1 fully saturated rings. The minimum atomic E-state index is -0.784. The van der Waals surface area contributed by atoms with Gasteiger partial charge in [-0.3, -0.25) is 4.79 Å². The molecule has 3 aromatic rings. The number of benzene rings is 3. The van der Waals surface area contributed by atoms with Crippen molar-refractivity contribution in [3.05, 3.63) is 124 Å². The normalized spacial score (nSPS) is 29.1. The Hall–Kier alpha value is -4.42. The van der Waals surface area contributed by atoms with Gasteiger partial charge in [0, 0.05) is 22.5 Å². The number of rotatable bonds is 11. The second-order valence-corrected chi connectivity index (χ2v) is 16.6. The zero-order chi connectivity index (χ0) is 37.7. The third-order valence-corrected chi connectivity index (χ3v) is 13.6. The number of carboxylic acid groups (broad SMARTS) is 1. The minimum Gasteiger partial charge on any atom is -0.511 e. The largest absolute Gasteiger partial charge is 0.511 e. The van der Waals surface area contributed by atoms with Crippen LogP contribution in [0.3, 0.4) is 0 Å². The van der Waals surface area contributed by atoms with Gasteiger partial charge in [0.2, 0.25) is 0 Å². The van der Waals surface area contributed by atoms with Crippen LogP contribution in [0.4, 0.5) is 0 Å². The summed E-state index contributed by atoms with van der Waals surface area (Å²) in [5, 5.41) is 44.3. The van der Waals surface area contributed by atoms with E-state index in [1.807, 2.05) is 18.2 Å². The fraction of sp³-hybridized carbons (Fsp3) is 0.458. The van der Waals surface area contributed by atoms with E-state index in [0.29, 0.717) is 24.5 Å². The Morgan fingerprint density at radius 2 is 1.70 bits per heavy atom. The molecular formula is C48H56O6. The van der Waals surface area contributed by atoms with Gasteiger partial charge < -0.3 is 25.2 Å². The van der Waals surface area contributed by atoms with Gasteiger partial charge >= 0.3 is 5.97 Å². The van der Waals surface area contributed by atoms with Crippen LogP contribution in [-0.4, -0.2) is 39.3 Å². The first-order valence-electron chi connectivity index (χ1n) is 20.3. The number of aliphatic carboxylic acids is 1. The molecule has 284 valence electrons. The monoisotopic (exact) mass is 728 g/mol. The number of allylic oxidation sites excluding steroid dienone is 3. The van der Waals surface area contributed by atoms with Gasteiger partial charge in [-0.05, 0) is 127 Å². The Morgan fingerprint density at radius 1 is 0.889 bits per heavy atom. The molecule has 0 unspecified atom stereocenters. The number of aldehydes is 1. The highest BCUT2D eigenvalue weighted by atomic mass is 16.4. The number of aromatic hydroxyl groups is 1. The highest BCUT2D eigenvalue weighted by molar-refractivity contribution is 5.73. The predicted octanol–water partition coefficient (Wildman–Crippen LogP) is 8.29. The molecule has 1 spiro atoms. The average Bonchev–Trinajstić information content (AvgIpc) is 3.67. The highest BCUT2D eigenvalue weighted by Gasteiger charge is 2.50. The fourth-order valence-electron chi connectivity index (χ4n) is 10.6. The lowest BCUT2D eigenvalue weighted by molar-refractivity contribution is -0.145. The van der Waals surface area contributed by atoms with Crippen LogP contribution < -0.4 is 10.4 Å². The Balaban J connectivity index is 1.16. The van der Waals surface area contributed by atoms with E-state index in [-0.39, 0.29) is 41.9 Å². The molecule has 4 aliphatic carbocycles. The number of phenols is 1. The second kappa shape index (κ2) is 16.9. The number of hydrogen-bond acceptors (Lipinski definition) is 5. The Kier molecular flexibility index (Phi) is 11.9. The first-order chi connectivity index (χ1) is 26.3. The molecule has 0 heterocycles. The highest BCUT2D eigenvalue weighted by Crippen LogP contribution is 2.53. The first kappa shape index (κ1) is 37.9. The van der Waals surface area contributed by atoms with Gasteiger partial charge in [0.05, 0.1) is 12.5 Å². The number of fused-ring (bicyclic) bond motifs is 5. The molecular weight excluding hydrogens is 673 g/mol. The number of carbonyl (C=O) groups excluding carboxylic acids is 1. The van der Waals surface area contributed by atoms with Crippen molar-refractivity contribution in [1.29, 1.82) is 0 Å². The van der Waals surface area contributed by atoms with Crippen molar-refractivity contribution in [2.75, 3.05) is 6.61 Å². The fourth-order valence-corrected chi connectivity index (χ4v) is 10.6. The lowest BCUT2D eigenvalue weighted by Crippen LogP contribution is -2.48. The van der Waals surface area contributed by atoms with E-state index >= 15 is 0 Å². The number of phenolic OH excluding ortho intramolecular Hbond substituents is 1. The van der Waals surface area contributed by atoms with Crippen LogP contribution >= 0.6 is 0 Å². The number of carboxylic acids is 1. The molecule has 6 heteroatoms. The van der Waals surface area contributed by atoms with Crippen LogP contribution in [-0.2, 0) is 21.4 Å². The predicted molar refractivity (Wildman–Crippen MR) is 213 cm³/mol. The van der Waals surface area contributed by atoms with E-state index < -0.39 is 17.3 Å². The molecule has 0 saturated heterocycles. The lowest BCUT2D eigenvalue weighted by atomic mass is 9.55. The van der Waals surface area contributed by atoms with E-state index in [2.05, 4.69) is 66.8 Å². The quantitative estimate of drug-likeness (QED) is 0.0898. The van der Waals surface area contributed by atoms with Gasteiger partial charge in [-0.25, -0.2) is 0 Å². The summed E-state index contributed by atoms with van der Waals surface area (Å²) in [6, 6.07) is 24.3. The minimum absolute atomic E-state index is 0.00443. The molecule has 3 aromatic carbocycles. The number of carbonyl (C=O) groups is 2. The SMILES string of the molecule is O=C[C@@H](CCCCC[C@H]1C/C=C\C[C@@H](C(=O)O)[C@@]2(CC[C@@H]3C=c4ccccc4=C(O)[C@@H]3C2)c2cccc(c2)C[C@H]1c1ccc(O)cc1)[C@@H]1C=C(CO)CC1. The van der Waals surface area contributed by atoms with Crippen molar-refractivity contribution in [3.63, 3.8) is 0 Å². The second-order valence-electron chi connectivity index (χ2n) is 16.6. The van der Waals surface area contributed by atoms with Crippen LogP contribution in [0, 0.1) is 35.5 Å². The van der Waals surface area contributed by atoms with E-state index in [4.69, 9.17) is 0 Å². The van der Waals surface area contributed by atoms with Gasteiger partial charge in [0.1, 0.15) is 17.8 Å². The van der Waals surface area contributed by atoms with Crippen LogP contribution in [0.5, 0.6) is 5.75 Å². The van der Waals surface area contributed by atoms with Crippen molar-refractivity contribution >= 4 is 24.1 Å². The molecule has 6 nitrogen and oxygen atoms in total. The van der Waals surface area contributed by atoms with Crippen LogP contribution in [0.15, 0.2) is 96.6 Å². The maximum Gasteiger partial charge on any atom is 0.307 e. The number of unbranched alkanes of at least 4 members (excludes halogenated alkanes) is 2. The maximum atomic E-state index is 13.3. The van der Waals surface area contributed by atoms with Crippen molar-refractivity contribution < 1.29 is 30.0 Å². The van der Waals surface area contributed by atoms with E-state index in [9.17, 15) is 30.0 Å². The first-order valence-corrected chi connectivity index (χ1v) is 20.3. The zero-order valence-electron chi connectivity index (χ0n) is 31.4. The molecule has 7 rings (SSSR count). The smallest absolute Gasteiger partial charge is 0.307 e. The van der Waals surface area contributed by atoms with E-state index in [1.165, 1.54) is 11.1 Å². The summed E-state index contributed by atoms with van der Waals surface area (Å²) in [7, 11) is 0. The lowest BCUT2D eigenvalue weighted by Gasteiger charge is -2.48. The number of aliphatic hydroxyl groups excluding tert-OH is 2. The zero-order valence-corrected chi connectivity index (χ0v) is 31.4. The Labute approximate surface area is 319 Å². The summed E-state index contributed by atoms with van der Waals surface area (Å²) in [6.07, 6.45) is 20.8. The topological polar surface area (TPSA) is 115 Å². The van der Waals surface area contributed by atoms with E-state index in [1.54, 1.807) is 12.1 Å². The van der Waals surface area contributed by atoms with Crippen LogP contribution in [0.25, 0.3) is 11.8 Å². The van der Waals surface area contributed by atoms with Crippen LogP contribution in [0.1, 0.15) is 99.7 Å². The summed E-state index contributed by atoms with van der Waals surface area (Å²) < 4.78 is 0. The molecule has 1 saturated carbocycles. The molecule has 0 radical (unpaired) electrons. The number of hydrogen-bond donors (Lipinski definition) is 4. The molecule has 2 bridgehead atoms. The summed E-state index contributed by atoms with van der Waals surface area (Å²) in [5.74, 6) is -0.00836. The van der Waals surface area contributed by atoms with Gasteiger partial charge in [-0.1, -0.05) is 104 Å². The van der Waals surface area contributed by atoms with Crippen LogP contribution in [0.2, 0.25) is 0 Å².